The highest BCUT2D eigenvalue weighted by atomic mass is 16.2. The van der Waals surface area contributed by atoms with Gasteiger partial charge in [-0.3, -0.25) is 14.5 Å². The molecule has 3 rings (SSSR count). The maximum Gasteiger partial charge on any atom is 0.309 e. The molecule has 0 radical (unpaired) electrons. The Balaban J connectivity index is 1.28. The second kappa shape index (κ2) is 10.5. The van der Waals surface area contributed by atoms with Crippen molar-refractivity contribution in [1.82, 2.24) is 15.5 Å². The number of piperazine rings is 1. The van der Waals surface area contributed by atoms with E-state index in [1.807, 2.05) is 36.4 Å². The first-order valence-corrected chi connectivity index (χ1v) is 9.85. The van der Waals surface area contributed by atoms with Crippen molar-refractivity contribution >= 4 is 17.5 Å². The van der Waals surface area contributed by atoms with Gasteiger partial charge in [0.2, 0.25) is 0 Å². The molecule has 2 aromatic rings. The quantitative estimate of drug-likeness (QED) is 0.711. The predicted octanol–water partition coefficient (Wildman–Crippen LogP) is 1.28. The van der Waals surface area contributed by atoms with Crippen molar-refractivity contribution < 1.29 is 9.59 Å². The van der Waals surface area contributed by atoms with Crippen LogP contribution in [0.15, 0.2) is 60.7 Å². The van der Waals surface area contributed by atoms with Gasteiger partial charge in [-0.05, 0) is 24.1 Å². The molecular formula is C22H28N4O2. The zero-order chi connectivity index (χ0) is 19.6. The molecule has 28 heavy (non-hydrogen) atoms. The van der Waals surface area contributed by atoms with Gasteiger partial charge in [0, 0.05) is 51.5 Å². The van der Waals surface area contributed by atoms with Gasteiger partial charge in [-0.2, -0.15) is 0 Å². The Hall–Kier alpha value is -2.86. The molecule has 1 heterocycles. The maximum absolute atomic E-state index is 11.9. The Kier molecular flexibility index (Phi) is 7.44. The summed E-state index contributed by atoms with van der Waals surface area (Å²) in [6.07, 6.45) is 0.714. The molecule has 2 aromatic carbocycles. The lowest BCUT2D eigenvalue weighted by Gasteiger charge is -2.36. The molecular weight excluding hydrogens is 352 g/mol. The standard InChI is InChI=1S/C22H28N4O2/c27-21(23-12-11-19-7-3-1-4-8-19)22(28)24-13-14-25-15-17-26(18-16-25)20-9-5-2-6-10-20/h1-10H,11-18H2,(H,23,27)(H,24,28). The third-order valence-corrected chi connectivity index (χ3v) is 4.96. The van der Waals surface area contributed by atoms with Crippen LogP contribution in [0.4, 0.5) is 5.69 Å². The Morgan fingerprint density at radius 1 is 0.750 bits per heavy atom. The summed E-state index contributed by atoms with van der Waals surface area (Å²) in [7, 11) is 0. The molecule has 6 heteroatoms. The third kappa shape index (κ3) is 6.09. The van der Waals surface area contributed by atoms with Crippen molar-refractivity contribution in [3.05, 3.63) is 66.2 Å². The van der Waals surface area contributed by atoms with Crippen LogP contribution in [0, 0.1) is 0 Å². The van der Waals surface area contributed by atoms with Crippen molar-refractivity contribution in [1.29, 1.82) is 0 Å². The minimum atomic E-state index is -0.565. The lowest BCUT2D eigenvalue weighted by molar-refractivity contribution is -0.139. The molecule has 0 bridgehead atoms. The summed E-state index contributed by atoms with van der Waals surface area (Å²) in [5.74, 6) is -1.12. The first-order valence-electron chi connectivity index (χ1n) is 9.85. The van der Waals surface area contributed by atoms with Crippen LogP contribution >= 0.6 is 0 Å². The highest BCUT2D eigenvalue weighted by Crippen LogP contribution is 2.15. The number of nitrogens with one attached hydrogen (secondary N) is 2. The van der Waals surface area contributed by atoms with Gasteiger partial charge in [0.05, 0.1) is 0 Å². The first-order chi connectivity index (χ1) is 13.7. The fourth-order valence-corrected chi connectivity index (χ4v) is 3.32. The van der Waals surface area contributed by atoms with E-state index >= 15 is 0 Å². The summed E-state index contributed by atoms with van der Waals surface area (Å²) in [4.78, 5) is 28.5. The maximum atomic E-state index is 11.9. The number of hydrogen-bond donors (Lipinski definition) is 2. The summed E-state index contributed by atoms with van der Waals surface area (Å²) in [6.45, 7) is 5.54. The van der Waals surface area contributed by atoms with Crippen LogP contribution in [0.2, 0.25) is 0 Å². The summed E-state index contributed by atoms with van der Waals surface area (Å²) >= 11 is 0. The molecule has 2 N–H and O–H groups in total. The van der Waals surface area contributed by atoms with Crippen molar-refractivity contribution in [2.45, 2.75) is 6.42 Å². The van der Waals surface area contributed by atoms with E-state index in [9.17, 15) is 9.59 Å². The van der Waals surface area contributed by atoms with E-state index in [2.05, 4.69) is 44.7 Å². The molecule has 1 fully saturated rings. The van der Waals surface area contributed by atoms with Gasteiger partial charge in [-0.15, -0.1) is 0 Å². The van der Waals surface area contributed by atoms with Crippen LogP contribution in [0.1, 0.15) is 5.56 Å². The largest absolute Gasteiger partial charge is 0.369 e. The van der Waals surface area contributed by atoms with E-state index in [1.54, 1.807) is 0 Å². The van der Waals surface area contributed by atoms with Crippen molar-refractivity contribution in [2.75, 3.05) is 50.7 Å². The molecule has 0 aromatic heterocycles. The van der Waals surface area contributed by atoms with Crippen LogP contribution in [0.25, 0.3) is 0 Å². The highest BCUT2D eigenvalue weighted by molar-refractivity contribution is 6.35. The first kappa shape index (κ1) is 19.9. The summed E-state index contributed by atoms with van der Waals surface area (Å²) in [6, 6.07) is 20.3. The molecule has 1 aliphatic heterocycles. The minimum Gasteiger partial charge on any atom is -0.369 e. The van der Waals surface area contributed by atoms with Gasteiger partial charge in [-0.1, -0.05) is 48.5 Å². The van der Waals surface area contributed by atoms with Crippen LogP contribution in [-0.2, 0) is 16.0 Å². The van der Waals surface area contributed by atoms with Crippen molar-refractivity contribution in [3.8, 4) is 0 Å². The van der Waals surface area contributed by atoms with E-state index in [1.165, 1.54) is 5.69 Å². The fraction of sp³-hybridized carbons (Fsp3) is 0.364. The molecule has 6 nitrogen and oxygen atoms in total. The monoisotopic (exact) mass is 380 g/mol. The zero-order valence-electron chi connectivity index (χ0n) is 16.1. The number of hydrogen-bond acceptors (Lipinski definition) is 4. The Morgan fingerprint density at radius 2 is 1.32 bits per heavy atom. The van der Waals surface area contributed by atoms with E-state index in [0.717, 1.165) is 38.3 Å². The van der Waals surface area contributed by atoms with Gasteiger partial charge in [0.1, 0.15) is 0 Å². The van der Waals surface area contributed by atoms with E-state index in [0.29, 0.717) is 19.5 Å². The van der Waals surface area contributed by atoms with Crippen molar-refractivity contribution in [2.24, 2.45) is 0 Å². The molecule has 1 aliphatic rings. The van der Waals surface area contributed by atoms with E-state index in [4.69, 9.17) is 0 Å². The SMILES string of the molecule is O=C(NCCc1ccccc1)C(=O)NCCN1CCN(c2ccccc2)CC1. The number of carbonyl (C=O) groups is 2. The molecule has 2 amide bonds. The Morgan fingerprint density at radius 3 is 1.96 bits per heavy atom. The van der Waals surface area contributed by atoms with Crippen LogP contribution in [0.5, 0.6) is 0 Å². The number of benzene rings is 2. The number of rotatable bonds is 7. The highest BCUT2D eigenvalue weighted by Gasteiger charge is 2.18. The molecule has 1 saturated heterocycles. The lowest BCUT2D eigenvalue weighted by Crippen LogP contribution is -2.49. The zero-order valence-corrected chi connectivity index (χ0v) is 16.1. The van der Waals surface area contributed by atoms with Gasteiger partial charge in [0.15, 0.2) is 0 Å². The molecule has 0 unspecified atom stereocenters. The lowest BCUT2D eigenvalue weighted by atomic mass is 10.1. The van der Waals surface area contributed by atoms with Gasteiger partial charge in [-0.25, -0.2) is 0 Å². The number of nitrogens with zero attached hydrogens (tertiary/aromatic N) is 2. The smallest absolute Gasteiger partial charge is 0.309 e. The Labute approximate surface area is 166 Å². The normalized spacial score (nSPS) is 14.5. The molecule has 0 atom stereocenters. The van der Waals surface area contributed by atoms with Gasteiger partial charge < -0.3 is 15.5 Å². The van der Waals surface area contributed by atoms with Crippen LogP contribution in [-0.4, -0.2) is 62.5 Å². The minimum absolute atomic E-state index is 0.456. The Bertz CT molecular complexity index is 744. The van der Waals surface area contributed by atoms with Gasteiger partial charge >= 0.3 is 11.8 Å². The number of para-hydroxylation sites is 1. The number of amides is 2. The number of carbonyl (C=O) groups excluding carboxylic acids is 2. The molecule has 0 aliphatic carbocycles. The van der Waals surface area contributed by atoms with Crippen LogP contribution in [0.3, 0.4) is 0 Å². The second-order valence-electron chi connectivity index (χ2n) is 6.91. The number of anilines is 1. The fourth-order valence-electron chi connectivity index (χ4n) is 3.32. The van der Waals surface area contributed by atoms with E-state index in [-0.39, 0.29) is 0 Å². The van der Waals surface area contributed by atoms with Gasteiger partial charge in [0.25, 0.3) is 0 Å². The predicted molar refractivity (Wildman–Crippen MR) is 111 cm³/mol. The van der Waals surface area contributed by atoms with E-state index < -0.39 is 11.8 Å². The summed E-state index contributed by atoms with van der Waals surface area (Å²) in [5, 5.41) is 5.39. The molecule has 148 valence electrons. The summed E-state index contributed by atoms with van der Waals surface area (Å²) < 4.78 is 0. The van der Waals surface area contributed by atoms with Crippen molar-refractivity contribution in [3.63, 3.8) is 0 Å². The average molecular weight is 380 g/mol. The molecule has 0 saturated carbocycles. The molecule has 0 spiro atoms. The average Bonchev–Trinajstić information content (AvgIpc) is 2.75. The third-order valence-electron chi connectivity index (χ3n) is 4.96. The van der Waals surface area contributed by atoms with Crippen LogP contribution < -0.4 is 15.5 Å². The topological polar surface area (TPSA) is 64.7 Å². The second-order valence-corrected chi connectivity index (χ2v) is 6.91. The summed E-state index contributed by atoms with van der Waals surface area (Å²) in [5.41, 5.74) is 2.39.